The fraction of sp³-hybridized carbons (Fsp3) is 0.600. The molecule has 1 unspecified atom stereocenters. The van der Waals surface area contributed by atoms with Crippen LogP contribution in [0.4, 0.5) is 0 Å². The van der Waals surface area contributed by atoms with Crippen LogP contribution in [-0.4, -0.2) is 5.38 Å². The lowest BCUT2D eigenvalue weighted by Gasteiger charge is -2.32. The lowest BCUT2D eigenvalue weighted by molar-refractivity contribution is 0.261. The van der Waals surface area contributed by atoms with Crippen LogP contribution in [0.15, 0.2) is 36.9 Å². The summed E-state index contributed by atoms with van der Waals surface area (Å²) in [5.74, 6) is 9.69. The van der Waals surface area contributed by atoms with Gasteiger partial charge >= 0.3 is 0 Å². The van der Waals surface area contributed by atoms with E-state index in [4.69, 9.17) is 11.6 Å². The molecule has 0 heterocycles. The molecule has 0 saturated heterocycles. The monoisotopic (exact) mass is 368 g/mol. The predicted octanol–water partition coefficient (Wildman–Crippen LogP) is 7.32. The zero-order chi connectivity index (χ0) is 18.4. The Hall–Kier alpha value is -1.19. The highest BCUT2D eigenvalue weighted by molar-refractivity contribution is 6.20. The number of rotatable bonds is 4. The number of allylic oxidation sites excluding steroid dienone is 1. The Balaban J connectivity index is 1.53. The van der Waals surface area contributed by atoms with Gasteiger partial charge in [-0.15, -0.1) is 18.2 Å². The van der Waals surface area contributed by atoms with Gasteiger partial charge in [0, 0.05) is 16.9 Å². The average molecular weight is 369 g/mol. The largest absolute Gasteiger partial charge is 0.123 e. The molecule has 140 valence electrons. The summed E-state index contributed by atoms with van der Waals surface area (Å²) in [4.78, 5) is 0. The van der Waals surface area contributed by atoms with Gasteiger partial charge in [0.05, 0.1) is 0 Å². The molecule has 0 N–H and O–H groups in total. The van der Waals surface area contributed by atoms with Gasteiger partial charge < -0.3 is 0 Å². The topological polar surface area (TPSA) is 0 Å². The predicted molar refractivity (Wildman–Crippen MR) is 114 cm³/mol. The van der Waals surface area contributed by atoms with Crippen molar-refractivity contribution in [2.45, 2.75) is 76.0 Å². The summed E-state index contributed by atoms with van der Waals surface area (Å²) < 4.78 is 0. The van der Waals surface area contributed by atoms with Crippen LogP contribution in [-0.2, 0) is 0 Å². The second-order valence-electron chi connectivity index (χ2n) is 8.26. The van der Waals surface area contributed by atoms with E-state index in [0.717, 1.165) is 43.1 Å². The summed E-state index contributed by atoms with van der Waals surface area (Å²) in [6.45, 7) is 6.32. The minimum absolute atomic E-state index is 0.376. The van der Waals surface area contributed by atoms with Gasteiger partial charge in [-0.1, -0.05) is 37.0 Å². The van der Waals surface area contributed by atoms with Crippen molar-refractivity contribution in [2.75, 3.05) is 0 Å². The highest BCUT2D eigenvalue weighted by Gasteiger charge is 2.26. The molecule has 2 aliphatic carbocycles. The van der Waals surface area contributed by atoms with Crippen molar-refractivity contribution >= 4 is 11.6 Å². The first-order chi connectivity index (χ1) is 12.7. The molecule has 2 aliphatic rings. The van der Waals surface area contributed by atoms with E-state index in [1.54, 1.807) is 0 Å². The van der Waals surface area contributed by atoms with Gasteiger partial charge in [-0.05, 0) is 93.2 Å². The van der Waals surface area contributed by atoms with E-state index in [1.807, 2.05) is 0 Å². The van der Waals surface area contributed by atoms with Gasteiger partial charge in [0.1, 0.15) is 0 Å². The molecule has 2 fully saturated rings. The fourth-order valence-electron chi connectivity index (χ4n) is 4.79. The van der Waals surface area contributed by atoms with E-state index in [-0.39, 0.29) is 0 Å². The maximum atomic E-state index is 6.18. The molecule has 1 heteroatoms. The summed E-state index contributed by atoms with van der Waals surface area (Å²) in [5, 5.41) is 0.376. The number of halogens is 1. The van der Waals surface area contributed by atoms with Gasteiger partial charge in [0.2, 0.25) is 0 Å². The zero-order valence-corrected chi connectivity index (χ0v) is 17.0. The van der Waals surface area contributed by atoms with E-state index in [2.05, 4.69) is 55.7 Å². The van der Waals surface area contributed by atoms with Gasteiger partial charge in [0.25, 0.3) is 0 Å². The van der Waals surface area contributed by atoms with Crippen LogP contribution in [0.2, 0.25) is 0 Å². The molecule has 0 bridgehead atoms. The minimum Gasteiger partial charge on any atom is -0.123 e. The molecule has 0 amide bonds. The molecule has 1 aromatic carbocycles. The highest BCUT2D eigenvalue weighted by atomic mass is 35.5. The molecule has 26 heavy (non-hydrogen) atoms. The van der Waals surface area contributed by atoms with Crippen molar-refractivity contribution in [2.24, 2.45) is 17.8 Å². The molecule has 0 aliphatic heterocycles. The summed E-state index contributed by atoms with van der Waals surface area (Å²) >= 11 is 6.18. The number of hydrogen-bond acceptors (Lipinski definition) is 0. The standard InChI is InChI=1S/C25H33Cl/c1-3-21(4-2)22-13-15-24(16-14-22)23-11-7-19(8-12-23)5-6-20-9-17-25(26)18-10-20/h3,7-8,11-12,20-22,24-25H,1,4,9-10,13-18H2,2H3/t20-,21?,22-,24-,25-. The smallest absolute Gasteiger partial charge is 0.0337 e. The van der Waals surface area contributed by atoms with Gasteiger partial charge in [-0.2, -0.15) is 0 Å². The van der Waals surface area contributed by atoms with E-state index in [9.17, 15) is 0 Å². The lowest BCUT2D eigenvalue weighted by atomic mass is 9.73. The average Bonchev–Trinajstić information content (AvgIpc) is 2.69. The first-order valence-corrected chi connectivity index (χ1v) is 11.0. The van der Waals surface area contributed by atoms with Crippen LogP contribution < -0.4 is 0 Å². The summed E-state index contributed by atoms with van der Waals surface area (Å²) in [6, 6.07) is 9.07. The Morgan fingerprint density at radius 1 is 1.04 bits per heavy atom. The van der Waals surface area contributed by atoms with Crippen LogP contribution in [0.25, 0.3) is 0 Å². The first kappa shape index (κ1) is 19.6. The molecular formula is C25H33Cl. The molecule has 0 spiro atoms. The summed E-state index contributed by atoms with van der Waals surface area (Å²) in [6.07, 6.45) is 13.3. The van der Waals surface area contributed by atoms with Crippen molar-refractivity contribution in [3.05, 3.63) is 48.0 Å². The second kappa shape index (κ2) is 9.66. The first-order valence-electron chi connectivity index (χ1n) is 10.6. The molecule has 0 radical (unpaired) electrons. The van der Waals surface area contributed by atoms with Gasteiger partial charge in [-0.25, -0.2) is 0 Å². The van der Waals surface area contributed by atoms with Crippen LogP contribution in [0.1, 0.15) is 81.8 Å². The number of alkyl halides is 1. The van der Waals surface area contributed by atoms with E-state index in [0.29, 0.717) is 17.2 Å². The Bertz CT molecular complexity index is 616. The van der Waals surface area contributed by atoms with Gasteiger partial charge in [0.15, 0.2) is 0 Å². The van der Waals surface area contributed by atoms with Crippen molar-refractivity contribution in [3.63, 3.8) is 0 Å². The fourth-order valence-corrected chi connectivity index (χ4v) is 5.05. The Morgan fingerprint density at radius 3 is 2.27 bits per heavy atom. The molecule has 1 atom stereocenters. The molecule has 0 nitrogen and oxygen atoms in total. The van der Waals surface area contributed by atoms with Crippen molar-refractivity contribution in [1.82, 2.24) is 0 Å². The number of benzene rings is 1. The van der Waals surface area contributed by atoms with Crippen LogP contribution in [0, 0.1) is 29.6 Å². The third-order valence-electron chi connectivity index (χ3n) is 6.61. The third kappa shape index (κ3) is 5.17. The van der Waals surface area contributed by atoms with Crippen molar-refractivity contribution < 1.29 is 0 Å². The summed E-state index contributed by atoms with van der Waals surface area (Å²) in [5.41, 5.74) is 2.66. The van der Waals surface area contributed by atoms with Gasteiger partial charge in [-0.3, -0.25) is 0 Å². The molecule has 0 aromatic heterocycles. The molecular weight excluding hydrogens is 336 g/mol. The zero-order valence-electron chi connectivity index (χ0n) is 16.2. The number of hydrogen-bond donors (Lipinski definition) is 0. The van der Waals surface area contributed by atoms with Crippen molar-refractivity contribution in [3.8, 4) is 11.8 Å². The SMILES string of the molecule is C=CC(CC)[C@H]1CC[C@H](c2ccc(C#C[C@H]3CC[C@H](Cl)CC3)cc2)CC1. The normalized spacial score (nSPS) is 30.1. The van der Waals surface area contributed by atoms with Crippen LogP contribution in [0.5, 0.6) is 0 Å². The Labute approximate surface area is 165 Å². The maximum absolute atomic E-state index is 6.18. The second-order valence-corrected chi connectivity index (χ2v) is 8.88. The van der Waals surface area contributed by atoms with Crippen LogP contribution >= 0.6 is 11.6 Å². The third-order valence-corrected chi connectivity index (χ3v) is 7.05. The lowest BCUT2D eigenvalue weighted by Crippen LogP contribution is -2.19. The van der Waals surface area contributed by atoms with E-state index in [1.165, 1.54) is 37.7 Å². The highest BCUT2D eigenvalue weighted by Crippen LogP contribution is 2.39. The maximum Gasteiger partial charge on any atom is 0.0337 e. The van der Waals surface area contributed by atoms with Crippen molar-refractivity contribution in [1.29, 1.82) is 0 Å². The Morgan fingerprint density at radius 2 is 1.69 bits per heavy atom. The van der Waals surface area contributed by atoms with E-state index < -0.39 is 0 Å². The van der Waals surface area contributed by atoms with E-state index >= 15 is 0 Å². The quantitative estimate of drug-likeness (QED) is 0.296. The van der Waals surface area contributed by atoms with Crippen LogP contribution in [0.3, 0.4) is 0 Å². The molecule has 3 rings (SSSR count). The summed E-state index contributed by atoms with van der Waals surface area (Å²) in [7, 11) is 0. The molecule has 2 saturated carbocycles. The molecule has 1 aromatic rings. The Kier molecular flexibility index (Phi) is 7.27. The minimum atomic E-state index is 0.376.